The molecule has 0 saturated heterocycles. The van der Waals surface area contributed by atoms with Gasteiger partial charge in [0.2, 0.25) is 0 Å². The summed E-state index contributed by atoms with van der Waals surface area (Å²) in [7, 11) is 0. The lowest BCUT2D eigenvalue weighted by Crippen LogP contribution is -2.90. The Morgan fingerprint density at radius 2 is 1.00 bits per heavy atom. The second-order valence-corrected chi connectivity index (χ2v) is 5.95. The molecule has 4 unspecified atom stereocenters. The summed E-state index contributed by atoms with van der Waals surface area (Å²) in [5, 5.41) is 18.4. The van der Waals surface area contributed by atoms with Crippen molar-refractivity contribution in [3.8, 4) is 0 Å². The zero-order valence-electron chi connectivity index (χ0n) is 8.33. The van der Waals surface area contributed by atoms with Crippen LogP contribution in [0.2, 0.25) is 0 Å². The third-order valence-corrected chi connectivity index (χ3v) is 6.19. The number of carboxylic acids is 2. The minimum absolute atomic E-state index is 0.0959. The number of hydrogen-bond donors (Lipinski definition) is 2. The molecule has 16 heavy (non-hydrogen) atoms. The predicted molar refractivity (Wildman–Crippen MR) is 50.2 cm³/mol. The molecule has 4 fully saturated rings. The third-order valence-electron chi connectivity index (χ3n) is 6.19. The fraction of sp³-hybridized carbons (Fsp3) is 0.667. The van der Waals surface area contributed by atoms with Crippen LogP contribution in [0.3, 0.4) is 0 Å². The summed E-state index contributed by atoms with van der Waals surface area (Å²) >= 11 is 0. The van der Waals surface area contributed by atoms with E-state index in [1.807, 2.05) is 0 Å². The van der Waals surface area contributed by atoms with Crippen LogP contribution >= 0.6 is 0 Å². The standard InChI is InChI=1S/C12H10O4/c13-11(14)9-7-3-1-2-5(3)8(6(2)4(1)7)10(9)12(15)16/h1-8H,(H,13,14)(H,15,16)/t1?,2?,3-,4-,5-,6+,7?,8?/m1/s1. The Kier molecular flexibility index (Phi) is 0.900. The van der Waals surface area contributed by atoms with Gasteiger partial charge in [-0.3, -0.25) is 0 Å². The molecule has 8 atom stereocenters. The third kappa shape index (κ3) is 0.440. The summed E-state index contributed by atoms with van der Waals surface area (Å²) in [6, 6.07) is 0. The predicted octanol–water partition coefficient (Wildman–Crippen LogP) is 0.450. The molecule has 0 aliphatic heterocycles. The minimum atomic E-state index is -0.988. The Hall–Kier alpha value is -1.32. The Balaban J connectivity index is 1.76. The first-order valence-corrected chi connectivity index (χ1v) is 5.85. The van der Waals surface area contributed by atoms with E-state index in [-0.39, 0.29) is 23.0 Å². The molecule has 2 N–H and O–H groups in total. The van der Waals surface area contributed by atoms with Gasteiger partial charge in [0.25, 0.3) is 0 Å². The maximum absolute atomic E-state index is 11.2. The second kappa shape index (κ2) is 1.83. The SMILES string of the molecule is O=C(O)C1=C(C(=O)O)C2[C@@H]3C4C5[C@H]3C1[C@H]5[C@@H]24. The molecule has 0 aromatic rings. The van der Waals surface area contributed by atoms with E-state index in [0.717, 1.165) is 11.8 Å². The molecule has 4 heteroatoms. The summed E-state index contributed by atoms with van der Waals surface area (Å²) in [5.41, 5.74) is 0.517. The van der Waals surface area contributed by atoms with Crippen LogP contribution in [0, 0.1) is 47.3 Å². The smallest absolute Gasteiger partial charge is 0.332 e. The Labute approximate surface area is 90.9 Å². The van der Waals surface area contributed by atoms with Crippen LogP contribution in [0.25, 0.3) is 0 Å². The molecule has 0 aromatic carbocycles. The largest absolute Gasteiger partial charge is 0.478 e. The molecule has 0 radical (unpaired) electrons. The number of rotatable bonds is 2. The average Bonchev–Trinajstić information content (AvgIpc) is 2.15. The molecule has 82 valence electrons. The van der Waals surface area contributed by atoms with Crippen molar-refractivity contribution in [1.29, 1.82) is 0 Å². The molecule has 6 rings (SSSR count). The van der Waals surface area contributed by atoms with E-state index in [1.165, 1.54) is 0 Å². The van der Waals surface area contributed by atoms with Crippen LogP contribution in [0.15, 0.2) is 11.1 Å². The van der Waals surface area contributed by atoms with Crippen molar-refractivity contribution in [2.24, 2.45) is 47.3 Å². The number of carboxylic acid groups (broad SMARTS) is 2. The van der Waals surface area contributed by atoms with E-state index in [9.17, 15) is 19.8 Å². The molecule has 0 heterocycles. The topological polar surface area (TPSA) is 74.6 Å². The first-order valence-electron chi connectivity index (χ1n) is 5.85. The van der Waals surface area contributed by atoms with Crippen LogP contribution in [0.1, 0.15) is 0 Å². The van der Waals surface area contributed by atoms with Gasteiger partial charge in [0.15, 0.2) is 0 Å². The van der Waals surface area contributed by atoms with E-state index >= 15 is 0 Å². The fourth-order valence-corrected chi connectivity index (χ4v) is 6.06. The normalized spacial score (nSPS) is 61.2. The lowest BCUT2D eigenvalue weighted by atomic mass is 9.11. The summed E-state index contributed by atoms with van der Waals surface area (Å²) < 4.78 is 0. The van der Waals surface area contributed by atoms with E-state index in [0.29, 0.717) is 23.7 Å². The van der Waals surface area contributed by atoms with Crippen LogP contribution in [-0.2, 0) is 9.59 Å². The lowest BCUT2D eigenvalue weighted by molar-refractivity contribution is -0.430. The molecular formula is C12H10O4. The monoisotopic (exact) mass is 218 g/mol. The second-order valence-electron chi connectivity index (χ2n) is 5.95. The van der Waals surface area contributed by atoms with E-state index in [2.05, 4.69) is 0 Å². The zero-order chi connectivity index (χ0) is 10.9. The van der Waals surface area contributed by atoms with Gasteiger partial charge in [-0.1, -0.05) is 0 Å². The molecule has 0 spiro atoms. The maximum atomic E-state index is 11.2. The highest BCUT2D eigenvalue weighted by atomic mass is 16.4. The van der Waals surface area contributed by atoms with Crippen LogP contribution in [0.4, 0.5) is 0 Å². The zero-order valence-corrected chi connectivity index (χ0v) is 8.33. The van der Waals surface area contributed by atoms with E-state index in [1.54, 1.807) is 0 Å². The highest BCUT2D eigenvalue weighted by Gasteiger charge is 2.90. The lowest BCUT2D eigenvalue weighted by Gasteiger charge is -2.92. The number of aliphatic carboxylic acids is 2. The van der Waals surface area contributed by atoms with Gasteiger partial charge in [0.1, 0.15) is 0 Å². The molecule has 0 amide bonds. The number of hydrogen-bond acceptors (Lipinski definition) is 2. The minimum Gasteiger partial charge on any atom is -0.478 e. The van der Waals surface area contributed by atoms with Crippen molar-refractivity contribution in [2.75, 3.05) is 0 Å². The average molecular weight is 218 g/mol. The van der Waals surface area contributed by atoms with E-state index < -0.39 is 11.9 Å². The van der Waals surface area contributed by atoms with Gasteiger partial charge in [-0.15, -0.1) is 0 Å². The Morgan fingerprint density at radius 3 is 1.25 bits per heavy atom. The molecule has 4 saturated carbocycles. The Bertz CT molecular complexity index is 453. The number of carbonyl (C=O) groups is 2. The molecule has 6 aliphatic rings. The summed E-state index contributed by atoms with van der Waals surface area (Å²) in [5.74, 6) is 1.94. The van der Waals surface area contributed by atoms with Crippen LogP contribution < -0.4 is 0 Å². The van der Waals surface area contributed by atoms with Crippen molar-refractivity contribution >= 4 is 11.9 Å². The first kappa shape index (κ1) is 7.87. The molecule has 0 aromatic heterocycles. The summed E-state index contributed by atoms with van der Waals surface area (Å²) in [6.45, 7) is 0. The van der Waals surface area contributed by atoms with Gasteiger partial charge in [0, 0.05) is 0 Å². The van der Waals surface area contributed by atoms with Gasteiger partial charge in [-0.25, -0.2) is 9.59 Å². The van der Waals surface area contributed by atoms with Crippen molar-refractivity contribution in [1.82, 2.24) is 0 Å². The molecule has 6 aliphatic carbocycles. The van der Waals surface area contributed by atoms with Gasteiger partial charge in [-0.2, -0.15) is 0 Å². The summed E-state index contributed by atoms with van der Waals surface area (Å²) in [6.07, 6.45) is 0. The highest BCUT2D eigenvalue weighted by Crippen LogP contribution is 2.92. The van der Waals surface area contributed by atoms with Crippen molar-refractivity contribution in [3.05, 3.63) is 11.1 Å². The highest BCUT2D eigenvalue weighted by molar-refractivity contribution is 6.01. The molecular weight excluding hydrogens is 208 g/mol. The van der Waals surface area contributed by atoms with E-state index in [4.69, 9.17) is 0 Å². The fourth-order valence-electron chi connectivity index (χ4n) is 6.06. The molecule has 4 nitrogen and oxygen atoms in total. The quantitative estimate of drug-likeness (QED) is 0.705. The van der Waals surface area contributed by atoms with Gasteiger partial charge < -0.3 is 10.2 Å². The van der Waals surface area contributed by atoms with Gasteiger partial charge in [-0.05, 0) is 47.3 Å². The maximum Gasteiger partial charge on any atom is 0.332 e. The van der Waals surface area contributed by atoms with Crippen molar-refractivity contribution < 1.29 is 19.8 Å². The van der Waals surface area contributed by atoms with Gasteiger partial charge in [0.05, 0.1) is 11.1 Å². The van der Waals surface area contributed by atoms with Crippen molar-refractivity contribution in [2.45, 2.75) is 0 Å². The van der Waals surface area contributed by atoms with Gasteiger partial charge >= 0.3 is 11.9 Å². The Morgan fingerprint density at radius 1 is 0.688 bits per heavy atom. The first-order chi connectivity index (χ1) is 7.64. The van der Waals surface area contributed by atoms with Crippen LogP contribution in [0.5, 0.6) is 0 Å². The van der Waals surface area contributed by atoms with Crippen LogP contribution in [-0.4, -0.2) is 22.2 Å². The molecule has 2 bridgehead atoms. The van der Waals surface area contributed by atoms with Crippen molar-refractivity contribution in [3.63, 3.8) is 0 Å². The summed E-state index contributed by atoms with van der Waals surface area (Å²) in [4.78, 5) is 22.5.